The average molecular weight is 324 g/mol. The zero-order valence-corrected chi connectivity index (χ0v) is 14.8. The molecular weight excluding hydrogens is 298 g/mol. The van der Waals surface area contributed by atoms with Crippen LogP contribution >= 0.6 is 22.7 Å². The van der Waals surface area contributed by atoms with Crippen LogP contribution in [0, 0.1) is 0 Å². The molecule has 1 N–H and O–H groups in total. The van der Waals surface area contributed by atoms with Crippen molar-refractivity contribution in [3.05, 3.63) is 33.0 Å². The van der Waals surface area contributed by atoms with E-state index < -0.39 is 0 Å². The number of aryl methyl sites for hydroxylation is 1. The molecule has 116 valence electrons. The molecule has 0 aliphatic heterocycles. The molecule has 2 heterocycles. The Morgan fingerprint density at radius 2 is 2.14 bits per heavy atom. The van der Waals surface area contributed by atoms with E-state index in [0.29, 0.717) is 0 Å². The molecule has 0 saturated heterocycles. The first-order valence-electron chi connectivity index (χ1n) is 7.67. The first-order valence-corrected chi connectivity index (χ1v) is 9.37. The lowest BCUT2D eigenvalue weighted by Gasteiger charge is -2.14. The predicted molar refractivity (Wildman–Crippen MR) is 94.8 cm³/mol. The van der Waals surface area contributed by atoms with Crippen molar-refractivity contribution in [3.63, 3.8) is 0 Å². The van der Waals surface area contributed by atoms with E-state index in [1.165, 1.54) is 15.4 Å². The SMILES string of the molecule is CCCc1nc(N(C)CCc2cccs2)sc1CNCC. The summed E-state index contributed by atoms with van der Waals surface area (Å²) in [4.78, 5) is 10.00. The van der Waals surface area contributed by atoms with Gasteiger partial charge in [0.15, 0.2) is 5.13 Å². The van der Waals surface area contributed by atoms with E-state index in [0.717, 1.165) is 44.0 Å². The Hall–Kier alpha value is -0.910. The summed E-state index contributed by atoms with van der Waals surface area (Å²) >= 11 is 3.67. The van der Waals surface area contributed by atoms with Crippen molar-refractivity contribution < 1.29 is 0 Å². The van der Waals surface area contributed by atoms with Gasteiger partial charge in [0, 0.05) is 29.9 Å². The van der Waals surface area contributed by atoms with Gasteiger partial charge in [-0.3, -0.25) is 0 Å². The minimum Gasteiger partial charge on any atom is -0.351 e. The highest BCUT2D eigenvalue weighted by molar-refractivity contribution is 7.15. The van der Waals surface area contributed by atoms with Crippen molar-refractivity contribution in [3.8, 4) is 0 Å². The molecular formula is C16H25N3S2. The molecule has 2 rings (SSSR count). The van der Waals surface area contributed by atoms with Gasteiger partial charge in [-0.15, -0.1) is 22.7 Å². The second kappa shape index (κ2) is 8.51. The maximum absolute atomic E-state index is 4.86. The molecule has 0 aliphatic carbocycles. The largest absolute Gasteiger partial charge is 0.351 e. The Bertz CT molecular complexity index is 520. The van der Waals surface area contributed by atoms with Crippen LogP contribution in [0.5, 0.6) is 0 Å². The molecule has 0 radical (unpaired) electrons. The van der Waals surface area contributed by atoms with Crippen molar-refractivity contribution >= 4 is 27.8 Å². The molecule has 0 saturated carbocycles. The summed E-state index contributed by atoms with van der Waals surface area (Å²) in [6.45, 7) is 7.35. The molecule has 0 spiro atoms. The lowest BCUT2D eigenvalue weighted by atomic mass is 10.2. The lowest BCUT2D eigenvalue weighted by molar-refractivity contribution is 0.723. The van der Waals surface area contributed by atoms with Crippen LogP contribution in [0.2, 0.25) is 0 Å². The Labute approximate surface area is 136 Å². The summed E-state index contributed by atoms with van der Waals surface area (Å²) in [7, 11) is 2.15. The third-order valence-electron chi connectivity index (χ3n) is 3.39. The lowest BCUT2D eigenvalue weighted by Crippen LogP contribution is -2.19. The van der Waals surface area contributed by atoms with Crippen LogP contribution in [0.4, 0.5) is 5.13 Å². The summed E-state index contributed by atoms with van der Waals surface area (Å²) in [6, 6.07) is 4.33. The quantitative estimate of drug-likeness (QED) is 0.757. The number of hydrogen-bond donors (Lipinski definition) is 1. The minimum absolute atomic E-state index is 0.947. The number of nitrogens with zero attached hydrogens (tertiary/aromatic N) is 2. The normalized spacial score (nSPS) is 11.0. The van der Waals surface area contributed by atoms with Gasteiger partial charge in [-0.1, -0.05) is 26.3 Å². The molecule has 21 heavy (non-hydrogen) atoms. The smallest absolute Gasteiger partial charge is 0.185 e. The Morgan fingerprint density at radius 3 is 2.81 bits per heavy atom. The fourth-order valence-corrected chi connectivity index (χ4v) is 3.93. The molecule has 0 aromatic carbocycles. The van der Waals surface area contributed by atoms with Gasteiger partial charge >= 0.3 is 0 Å². The number of aromatic nitrogens is 1. The number of thiophene rings is 1. The molecule has 3 nitrogen and oxygen atoms in total. The van der Waals surface area contributed by atoms with Gasteiger partial charge < -0.3 is 10.2 Å². The van der Waals surface area contributed by atoms with Gasteiger partial charge in [-0.25, -0.2) is 4.98 Å². The molecule has 2 aromatic heterocycles. The van der Waals surface area contributed by atoms with E-state index in [1.807, 2.05) is 22.7 Å². The maximum atomic E-state index is 4.86. The van der Waals surface area contributed by atoms with Crippen LogP contribution in [0.3, 0.4) is 0 Å². The van der Waals surface area contributed by atoms with E-state index in [1.54, 1.807) is 0 Å². The van der Waals surface area contributed by atoms with Crippen molar-refractivity contribution in [2.75, 3.05) is 25.0 Å². The van der Waals surface area contributed by atoms with Crippen LogP contribution in [0.1, 0.15) is 35.7 Å². The van der Waals surface area contributed by atoms with Crippen LogP contribution in [0.25, 0.3) is 0 Å². The highest BCUT2D eigenvalue weighted by Gasteiger charge is 2.13. The van der Waals surface area contributed by atoms with Gasteiger partial charge in [0.25, 0.3) is 0 Å². The van der Waals surface area contributed by atoms with Gasteiger partial charge in [0.1, 0.15) is 0 Å². The topological polar surface area (TPSA) is 28.2 Å². The highest BCUT2D eigenvalue weighted by Crippen LogP contribution is 2.27. The first kappa shape index (κ1) is 16.5. The Balaban J connectivity index is 2.00. The summed E-state index contributed by atoms with van der Waals surface area (Å²) in [6.07, 6.45) is 3.33. The first-order chi connectivity index (χ1) is 10.2. The summed E-state index contributed by atoms with van der Waals surface area (Å²) in [5.41, 5.74) is 1.28. The molecule has 0 aliphatic rings. The number of hydrogen-bond acceptors (Lipinski definition) is 5. The van der Waals surface area contributed by atoms with E-state index in [2.05, 4.69) is 48.6 Å². The fourth-order valence-electron chi connectivity index (χ4n) is 2.17. The number of thiazole rings is 1. The molecule has 0 atom stereocenters. The molecule has 5 heteroatoms. The monoisotopic (exact) mass is 323 g/mol. The predicted octanol–water partition coefficient (Wildman–Crippen LogP) is 3.95. The second-order valence-electron chi connectivity index (χ2n) is 5.15. The van der Waals surface area contributed by atoms with Crippen molar-refractivity contribution in [1.82, 2.24) is 10.3 Å². The van der Waals surface area contributed by atoms with Crippen LogP contribution in [0.15, 0.2) is 17.5 Å². The second-order valence-corrected chi connectivity index (χ2v) is 7.24. The molecule has 0 amide bonds. The standard InChI is InChI=1S/C16H25N3S2/c1-4-7-14-15(12-17-5-2)21-16(18-14)19(3)10-9-13-8-6-11-20-13/h6,8,11,17H,4-5,7,9-10,12H2,1-3H3. The zero-order chi connectivity index (χ0) is 15.1. The van der Waals surface area contributed by atoms with E-state index >= 15 is 0 Å². The van der Waals surface area contributed by atoms with Crippen LogP contribution in [-0.4, -0.2) is 25.1 Å². The zero-order valence-electron chi connectivity index (χ0n) is 13.2. The number of likely N-dealkylation sites (N-methyl/N-ethyl adjacent to an activating group) is 1. The number of rotatable bonds is 9. The van der Waals surface area contributed by atoms with Crippen LogP contribution < -0.4 is 10.2 Å². The third-order valence-corrected chi connectivity index (χ3v) is 5.54. The van der Waals surface area contributed by atoms with Crippen molar-refractivity contribution in [2.45, 2.75) is 39.7 Å². The van der Waals surface area contributed by atoms with E-state index in [9.17, 15) is 0 Å². The van der Waals surface area contributed by atoms with Gasteiger partial charge in [0.05, 0.1) is 5.69 Å². The highest BCUT2D eigenvalue weighted by atomic mass is 32.1. The minimum atomic E-state index is 0.947. The summed E-state index contributed by atoms with van der Waals surface area (Å²) in [5.74, 6) is 0. The van der Waals surface area contributed by atoms with Crippen molar-refractivity contribution in [2.24, 2.45) is 0 Å². The van der Waals surface area contributed by atoms with Crippen LogP contribution in [-0.2, 0) is 19.4 Å². The number of anilines is 1. The summed E-state index contributed by atoms with van der Waals surface area (Å²) < 4.78 is 0. The van der Waals surface area contributed by atoms with Crippen molar-refractivity contribution in [1.29, 1.82) is 0 Å². The van der Waals surface area contributed by atoms with Gasteiger partial charge in [0.2, 0.25) is 0 Å². The molecule has 0 bridgehead atoms. The Kier molecular flexibility index (Phi) is 6.67. The average Bonchev–Trinajstić information content (AvgIpc) is 3.13. The van der Waals surface area contributed by atoms with Gasteiger partial charge in [-0.05, 0) is 30.8 Å². The third kappa shape index (κ3) is 4.80. The number of nitrogens with one attached hydrogen (secondary N) is 1. The fraction of sp³-hybridized carbons (Fsp3) is 0.562. The summed E-state index contributed by atoms with van der Waals surface area (Å²) in [5, 5.41) is 6.72. The molecule has 0 unspecified atom stereocenters. The molecule has 0 fully saturated rings. The Morgan fingerprint density at radius 1 is 1.29 bits per heavy atom. The van der Waals surface area contributed by atoms with E-state index in [-0.39, 0.29) is 0 Å². The van der Waals surface area contributed by atoms with E-state index in [4.69, 9.17) is 4.98 Å². The van der Waals surface area contributed by atoms with Gasteiger partial charge in [-0.2, -0.15) is 0 Å². The maximum Gasteiger partial charge on any atom is 0.185 e. The molecule has 2 aromatic rings.